The smallest absolute Gasteiger partial charge is 0.321 e. The van der Waals surface area contributed by atoms with Gasteiger partial charge in [-0.1, -0.05) is 4.68 Å². The number of hydrogen-bond acceptors (Lipinski definition) is 3. The zero-order valence-corrected chi connectivity index (χ0v) is 10.8. The number of carbonyl (C=O) groups is 1. The van der Waals surface area contributed by atoms with Gasteiger partial charge in [0.1, 0.15) is 0 Å². The van der Waals surface area contributed by atoms with Crippen LogP contribution in [-0.2, 0) is 11.3 Å². The number of nitrogens with one attached hydrogen (secondary N) is 2. The highest BCUT2D eigenvalue weighted by molar-refractivity contribution is 14.1. The fourth-order valence-corrected chi connectivity index (χ4v) is 1.61. The van der Waals surface area contributed by atoms with Crippen molar-refractivity contribution >= 4 is 34.2 Å². The van der Waals surface area contributed by atoms with E-state index in [9.17, 15) is 9.59 Å². The van der Waals surface area contributed by atoms with Crippen LogP contribution in [0.15, 0.2) is 39.8 Å². The van der Waals surface area contributed by atoms with Crippen LogP contribution >= 0.6 is 22.6 Å². The molecule has 2 N–H and O–H groups in total. The predicted octanol–water partition coefficient (Wildman–Crippen LogP) is 0.499. The van der Waals surface area contributed by atoms with Gasteiger partial charge in [0.15, 0.2) is 0 Å². The van der Waals surface area contributed by atoms with Gasteiger partial charge in [-0.05, 0) is 52.1 Å². The molecule has 1 aromatic heterocycles. The van der Waals surface area contributed by atoms with Crippen LogP contribution in [0.25, 0.3) is 0 Å². The van der Waals surface area contributed by atoms with Crippen molar-refractivity contribution in [1.29, 1.82) is 0 Å². The molecule has 17 heavy (non-hydrogen) atoms. The molecule has 0 spiro atoms. The third-order valence-electron chi connectivity index (χ3n) is 1.97. The fourth-order valence-electron chi connectivity index (χ4n) is 1.25. The zero-order chi connectivity index (χ0) is 12.3. The third-order valence-corrected chi connectivity index (χ3v) is 2.69. The molecule has 1 heterocycles. The maximum atomic E-state index is 11.6. The minimum absolute atomic E-state index is 0.00226. The van der Waals surface area contributed by atoms with Crippen LogP contribution in [0.5, 0.6) is 0 Å². The number of hydrogen-bond donors (Lipinski definition) is 2. The predicted molar refractivity (Wildman–Crippen MR) is 67.3 cm³/mol. The third kappa shape index (κ3) is 3.41. The lowest BCUT2D eigenvalue weighted by Crippen LogP contribution is -2.41. The summed E-state index contributed by atoms with van der Waals surface area (Å²) in [5.74, 6) is -0.242. The Kier molecular flexibility index (Phi) is 3.57. The van der Waals surface area contributed by atoms with Crippen LogP contribution in [-0.4, -0.2) is 11.2 Å². The molecule has 0 fully saturated rings. The van der Waals surface area contributed by atoms with Crippen molar-refractivity contribution in [2.24, 2.45) is 0 Å². The van der Waals surface area contributed by atoms with E-state index < -0.39 is 5.63 Å². The van der Waals surface area contributed by atoms with Crippen LogP contribution in [0, 0.1) is 3.57 Å². The van der Waals surface area contributed by atoms with Crippen LogP contribution in [0.3, 0.4) is 0 Å². The van der Waals surface area contributed by atoms with Gasteiger partial charge in [-0.25, -0.2) is 4.79 Å². The number of amides is 1. The molecule has 1 amide bonds. The van der Waals surface area contributed by atoms with Crippen molar-refractivity contribution in [2.75, 3.05) is 5.32 Å². The Labute approximate surface area is 110 Å². The average molecular weight is 346 g/mol. The summed E-state index contributed by atoms with van der Waals surface area (Å²) >= 11 is 2.18. The van der Waals surface area contributed by atoms with E-state index in [1.807, 2.05) is 24.3 Å². The quantitative estimate of drug-likeness (QED) is 0.628. The average Bonchev–Trinajstić information content (AvgIpc) is 2.67. The van der Waals surface area contributed by atoms with Crippen LogP contribution < -0.4 is 15.6 Å². The lowest BCUT2D eigenvalue weighted by Gasteiger charge is -2.01. The molecular weight excluding hydrogens is 337 g/mol. The summed E-state index contributed by atoms with van der Waals surface area (Å²) < 4.78 is 6.79. The lowest BCUT2D eigenvalue weighted by atomic mass is 10.3. The number of anilines is 1. The van der Waals surface area contributed by atoms with Crippen molar-refractivity contribution in [1.82, 2.24) is 5.27 Å². The molecule has 2 aromatic rings. The Bertz CT molecular complexity index is 573. The van der Waals surface area contributed by atoms with E-state index in [0.717, 1.165) is 3.57 Å². The monoisotopic (exact) mass is 346 g/mol. The fraction of sp³-hybridized carbons (Fsp3) is 0.100. The van der Waals surface area contributed by atoms with Gasteiger partial charge < -0.3 is 5.32 Å². The van der Waals surface area contributed by atoms with Crippen molar-refractivity contribution in [3.63, 3.8) is 0 Å². The van der Waals surface area contributed by atoms with Crippen molar-refractivity contribution in [3.8, 4) is 0 Å². The summed E-state index contributed by atoms with van der Waals surface area (Å²) in [6, 6.07) is 7.40. The topological polar surface area (TPSA) is 79.0 Å². The molecule has 0 saturated carbocycles. The molecule has 0 bridgehead atoms. The highest BCUT2D eigenvalue weighted by atomic mass is 127. The maximum Gasteiger partial charge on any atom is 0.426 e. The van der Waals surface area contributed by atoms with E-state index in [0.29, 0.717) is 5.69 Å². The van der Waals surface area contributed by atoms with Gasteiger partial charge in [0.05, 0.1) is 0 Å². The second-order valence-corrected chi connectivity index (χ2v) is 4.57. The maximum absolute atomic E-state index is 11.6. The first kappa shape index (κ1) is 11.8. The number of aromatic nitrogens is 2. The van der Waals surface area contributed by atoms with E-state index in [2.05, 4.69) is 37.7 Å². The van der Waals surface area contributed by atoms with E-state index in [-0.39, 0.29) is 12.5 Å². The highest BCUT2D eigenvalue weighted by Crippen LogP contribution is 2.10. The first-order chi connectivity index (χ1) is 8.13. The van der Waals surface area contributed by atoms with Crippen molar-refractivity contribution < 1.29 is 14.0 Å². The van der Waals surface area contributed by atoms with E-state index in [4.69, 9.17) is 0 Å². The van der Waals surface area contributed by atoms with E-state index in [1.54, 1.807) is 0 Å². The number of halogens is 1. The van der Waals surface area contributed by atoms with Gasteiger partial charge in [0, 0.05) is 9.26 Å². The molecule has 0 aliphatic rings. The second kappa shape index (κ2) is 5.13. The Morgan fingerprint density at radius 2 is 2.12 bits per heavy atom. The number of aromatic amines is 1. The van der Waals surface area contributed by atoms with Crippen molar-refractivity contribution in [3.05, 3.63) is 44.5 Å². The zero-order valence-electron chi connectivity index (χ0n) is 8.64. The Morgan fingerprint density at radius 3 is 2.71 bits per heavy atom. The number of nitrogens with zero attached hydrogens (tertiary/aromatic N) is 1. The summed E-state index contributed by atoms with van der Waals surface area (Å²) in [6.07, 6.45) is 1.17. The van der Waals surface area contributed by atoms with E-state index in [1.165, 1.54) is 10.9 Å². The molecule has 7 heteroatoms. The molecule has 0 aliphatic carbocycles. The van der Waals surface area contributed by atoms with Gasteiger partial charge in [-0.2, -0.15) is 0 Å². The largest absolute Gasteiger partial charge is 0.426 e. The molecule has 0 unspecified atom stereocenters. The van der Waals surface area contributed by atoms with Crippen molar-refractivity contribution in [2.45, 2.75) is 6.54 Å². The second-order valence-electron chi connectivity index (χ2n) is 3.32. The molecule has 2 rings (SSSR count). The Morgan fingerprint density at radius 1 is 1.41 bits per heavy atom. The lowest BCUT2D eigenvalue weighted by molar-refractivity contribution is -0.750. The molecule has 88 valence electrons. The minimum atomic E-state index is -0.521. The first-order valence-corrected chi connectivity index (χ1v) is 5.85. The Hall–Kier alpha value is -1.64. The van der Waals surface area contributed by atoms with Gasteiger partial charge in [0.2, 0.25) is 0 Å². The standard InChI is InChI=1S/C10H8IN3O3/c11-7-1-3-8(4-2-7)12-9(15)5-14-6-10(16)17-13-14/h1-4,6H,5H2,(H-,12,13,15,16)/p+1. The summed E-state index contributed by atoms with van der Waals surface area (Å²) in [5.41, 5.74) is 0.189. The summed E-state index contributed by atoms with van der Waals surface area (Å²) in [4.78, 5) is 22.3. The van der Waals surface area contributed by atoms with Crippen LogP contribution in [0.1, 0.15) is 0 Å². The normalized spacial score (nSPS) is 10.2. The molecule has 0 radical (unpaired) electrons. The molecule has 0 aliphatic heterocycles. The minimum Gasteiger partial charge on any atom is -0.321 e. The molecule has 0 saturated heterocycles. The summed E-state index contributed by atoms with van der Waals surface area (Å²) in [6.45, 7) is -0.00226. The molecule has 6 nitrogen and oxygen atoms in total. The van der Waals surface area contributed by atoms with Crippen LogP contribution in [0.2, 0.25) is 0 Å². The van der Waals surface area contributed by atoms with E-state index >= 15 is 0 Å². The number of benzene rings is 1. The number of carbonyl (C=O) groups excluding carboxylic acids is 1. The van der Waals surface area contributed by atoms with Gasteiger partial charge >= 0.3 is 5.63 Å². The van der Waals surface area contributed by atoms with Gasteiger partial charge in [0.25, 0.3) is 18.6 Å². The summed E-state index contributed by atoms with van der Waals surface area (Å²) in [7, 11) is 0. The molecule has 1 aromatic carbocycles. The summed E-state index contributed by atoms with van der Waals surface area (Å²) in [5, 5.41) is 5.00. The number of rotatable bonds is 3. The van der Waals surface area contributed by atoms with Gasteiger partial charge in [-0.15, -0.1) is 0 Å². The SMILES string of the molecule is O=C(C[n+]1cc(=O)o[nH]1)Nc1ccc(I)cc1. The van der Waals surface area contributed by atoms with Gasteiger partial charge in [-0.3, -0.25) is 9.32 Å². The molecule has 0 atom stereocenters. The highest BCUT2D eigenvalue weighted by Gasteiger charge is 2.12. The molecular formula is C10H9IN3O3+. The first-order valence-electron chi connectivity index (χ1n) is 4.77. The number of H-pyrrole nitrogens is 1. The Balaban J connectivity index is 1.97. The van der Waals surface area contributed by atoms with Crippen LogP contribution in [0.4, 0.5) is 5.69 Å².